The fourth-order valence-electron chi connectivity index (χ4n) is 1.01. The van der Waals surface area contributed by atoms with Gasteiger partial charge < -0.3 is 11.1 Å². The van der Waals surface area contributed by atoms with Gasteiger partial charge in [-0.25, -0.2) is 13.6 Å². The number of nitrogens with two attached hydrogens (primary N) is 2. The third-order valence-electron chi connectivity index (χ3n) is 1.84. The van der Waals surface area contributed by atoms with Crippen molar-refractivity contribution in [2.24, 2.45) is 10.9 Å². The van der Waals surface area contributed by atoms with E-state index in [0.29, 0.717) is 5.69 Å². The fraction of sp³-hybridized carbons (Fsp3) is 0.222. The van der Waals surface area contributed by atoms with Crippen LogP contribution in [0.4, 0.5) is 5.69 Å². The first-order valence-corrected chi connectivity index (χ1v) is 6.04. The minimum Gasteiger partial charge on any atom is -0.325 e. The van der Waals surface area contributed by atoms with Crippen molar-refractivity contribution in [3.63, 3.8) is 0 Å². The second-order valence-electron chi connectivity index (χ2n) is 3.35. The highest BCUT2D eigenvalue weighted by Gasteiger charge is 2.11. The van der Waals surface area contributed by atoms with Crippen molar-refractivity contribution < 1.29 is 13.2 Å². The molecule has 0 aliphatic rings. The van der Waals surface area contributed by atoms with Crippen LogP contribution in [0.15, 0.2) is 29.2 Å². The van der Waals surface area contributed by atoms with Crippen LogP contribution in [-0.4, -0.2) is 20.4 Å². The minimum absolute atomic E-state index is 0.0602. The molecule has 1 atom stereocenters. The average Bonchev–Trinajstić information content (AvgIpc) is 2.16. The van der Waals surface area contributed by atoms with Crippen LogP contribution in [0, 0.1) is 0 Å². The molecule has 5 N–H and O–H groups in total. The molecular formula is C9H13N3O3S. The number of nitrogens with one attached hydrogen (secondary N) is 1. The van der Waals surface area contributed by atoms with Gasteiger partial charge in [-0.1, -0.05) is 6.07 Å². The Hall–Kier alpha value is -1.44. The van der Waals surface area contributed by atoms with E-state index in [9.17, 15) is 13.2 Å². The summed E-state index contributed by atoms with van der Waals surface area (Å²) in [6, 6.07) is 4.98. The lowest BCUT2D eigenvalue weighted by Gasteiger charge is -2.08. The molecule has 1 unspecified atom stereocenters. The van der Waals surface area contributed by atoms with E-state index in [1.165, 1.54) is 25.1 Å². The van der Waals surface area contributed by atoms with E-state index in [-0.39, 0.29) is 4.90 Å². The number of carbonyl (C=O) groups excluding carboxylic acids is 1. The molecule has 0 aliphatic heterocycles. The van der Waals surface area contributed by atoms with Gasteiger partial charge in [-0.3, -0.25) is 4.79 Å². The van der Waals surface area contributed by atoms with E-state index >= 15 is 0 Å². The average molecular weight is 243 g/mol. The molecule has 0 heterocycles. The van der Waals surface area contributed by atoms with E-state index in [0.717, 1.165) is 0 Å². The molecule has 0 aromatic heterocycles. The Labute approximate surface area is 93.7 Å². The number of hydrogen-bond donors (Lipinski definition) is 3. The van der Waals surface area contributed by atoms with Crippen molar-refractivity contribution in [3.8, 4) is 0 Å². The Balaban J connectivity index is 2.96. The number of primary sulfonamides is 1. The van der Waals surface area contributed by atoms with Crippen LogP contribution in [0.2, 0.25) is 0 Å². The van der Waals surface area contributed by atoms with Gasteiger partial charge in [0.1, 0.15) is 0 Å². The molecule has 7 heteroatoms. The molecule has 0 spiro atoms. The number of anilines is 1. The summed E-state index contributed by atoms with van der Waals surface area (Å²) in [4.78, 5) is 11.2. The summed E-state index contributed by atoms with van der Waals surface area (Å²) in [5.74, 6) is -0.397. The largest absolute Gasteiger partial charge is 0.325 e. The van der Waals surface area contributed by atoms with Gasteiger partial charge in [0.15, 0.2) is 0 Å². The van der Waals surface area contributed by atoms with Crippen LogP contribution < -0.4 is 16.2 Å². The molecule has 6 nitrogen and oxygen atoms in total. The number of sulfonamides is 1. The van der Waals surface area contributed by atoms with Crippen molar-refractivity contribution in [1.29, 1.82) is 0 Å². The molecule has 0 fully saturated rings. The van der Waals surface area contributed by atoms with Gasteiger partial charge in [-0.05, 0) is 25.1 Å². The molecule has 1 rings (SSSR count). The topological polar surface area (TPSA) is 115 Å². The lowest BCUT2D eigenvalue weighted by atomic mass is 10.3. The number of hydrogen-bond acceptors (Lipinski definition) is 4. The third kappa shape index (κ3) is 3.30. The summed E-state index contributed by atoms with van der Waals surface area (Å²) in [6.45, 7) is 1.53. The Morgan fingerprint density at radius 2 is 2.06 bits per heavy atom. The van der Waals surface area contributed by atoms with Gasteiger partial charge in [0, 0.05) is 5.69 Å². The molecule has 1 aromatic carbocycles. The first kappa shape index (κ1) is 12.6. The van der Waals surface area contributed by atoms with Crippen molar-refractivity contribution in [2.75, 3.05) is 5.32 Å². The summed E-state index contributed by atoms with van der Waals surface area (Å²) < 4.78 is 22.1. The first-order chi connectivity index (χ1) is 7.30. The van der Waals surface area contributed by atoms with E-state index in [1.54, 1.807) is 6.07 Å². The molecule has 88 valence electrons. The second kappa shape index (κ2) is 4.60. The van der Waals surface area contributed by atoms with Gasteiger partial charge in [0.25, 0.3) is 0 Å². The predicted molar refractivity (Wildman–Crippen MR) is 60.1 cm³/mol. The monoisotopic (exact) mass is 243 g/mol. The number of amides is 1. The van der Waals surface area contributed by atoms with Crippen LogP contribution in [0.25, 0.3) is 0 Å². The van der Waals surface area contributed by atoms with Crippen molar-refractivity contribution in [2.45, 2.75) is 17.9 Å². The third-order valence-corrected chi connectivity index (χ3v) is 2.75. The molecule has 0 saturated carbocycles. The maximum atomic E-state index is 11.3. The fourth-order valence-corrected chi connectivity index (χ4v) is 1.57. The van der Waals surface area contributed by atoms with E-state index in [1.807, 2.05) is 0 Å². The standard InChI is InChI=1S/C9H13N3O3S/c1-6(10)9(13)12-7-3-2-4-8(5-7)16(11,14)15/h2-6H,10H2,1H3,(H,12,13)(H2,11,14,15). The van der Waals surface area contributed by atoms with E-state index in [2.05, 4.69) is 5.32 Å². The molecule has 0 radical (unpaired) electrons. The maximum absolute atomic E-state index is 11.3. The molecule has 0 bridgehead atoms. The van der Waals surface area contributed by atoms with Crippen LogP contribution in [0.1, 0.15) is 6.92 Å². The smallest absolute Gasteiger partial charge is 0.240 e. The predicted octanol–water partition coefficient (Wildman–Crippen LogP) is -0.380. The Kier molecular flexibility index (Phi) is 3.63. The summed E-state index contributed by atoms with van der Waals surface area (Å²) in [6.07, 6.45) is 0. The zero-order chi connectivity index (χ0) is 12.3. The zero-order valence-electron chi connectivity index (χ0n) is 8.67. The Bertz CT molecular complexity index is 496. The Morgan fingerprint density at radius 3 is 2.56 bits per heavy atom. The highest BCUT2D eigenvalue weighted by Crippen LogP contribution is 2.13. The van der Waals surface area contributed by atoms with E-state index in [4.69, 9.17) is 10.9 Å². The molecule has 16 heavy (non-hydrogen) atoms. The van der Waals surface area contributed by atoms with Crippen LogP contribution in [0.5, 0.6) is 0 Å². The summed E-state index contributed by atoms with van der Waals surface area (Å²) in [5.41, 5.74) is 5.69. The highest BCUT2D eigenvalue weighted by molar-refractivity contribution is 7.89. The van der Waals surface area contributed by atoms with Gasteiger partial charge in [0.05, 0.1) is 10.9 Å². The van der Waals surface area contributed by atoms with Crippen molar-refractivity contribution in [3.05, 3.63) is 24.3 Å². The van der Waals surface area contributed by atoms with Crippen LogP contribution in [0.3, 0.4) is 0 Å². The number of benzene rings is 1. The molecular weight excluding hydrogens is 230 g/mol. The Morgan fingerprint density at radius 1 is 1.44 bits per heavy atom. The minimum atomic E-state index is -3.76. The van der Waals surface area contributed by atoms with Crippen molar-refractivity contribution in [1.82, 2.24) is 0 Å². The summed E-state index contributed by atoms with van der Waals surface area (Å²) >= 11 is 0. The van der Waals surface area contributed by atoms with Gasteiger partial charge >= 0.3 is 0 Å². The lowest BCUT2D eigenvalue weighted by molar-refractivity contribution is -0.117. The molecule has 0 aliphatic carbocycles. The normalized spacial score (nSPS) is 13.2. The van der Waals surface area contributed by atoms with Crippen molar-refractivity contribution >= 4 is 21.6 Å². The van der Waals surface area contributed by atoms with Gasteiger partial charge in [0.2, 0.25) is 15.9 Å². The van der Waals surface area contributed by atoms with Gasteiger partial charge in [-0.15, -0.1) is 0 Å². The quantitative estimate of drug-likeness (QED) is 0.671. The van der Waals surface area contributed by atoms with Crippen LogP contribution >= 0.6 is 0 Å². The summed E-state index contributed by atoms with van der Waals surface area (Å²) in [7, 11) is -3.76. The number of rotatable bonds is 3. The van der Waals surface area contributed by atoms with Gasteiger partial charge in [-0.2, -0.15) is 0 Å². The number of carbonyl (C=O) groups is 1. The first-order valence-electron chi connectivity index (χ1n) is 4.50. The second-order valence-corrected chi connectivity index (χ2v) is 4.91. The maximum Gasteiger partial charge on any atom is 0.240 e. The molecule has 0 saturated heterocycles. The molecule has 1 amide bonds. The SMILES string of the molecule is CC(N)C(=O)Nc1cccc(S(N)(=O)=O)c1. The highest BCUT2D eigenvalue weighted by atomic mass is 32.2. The van der Waals surface area contributed by atoms with E-state index < -0.39 is 22.0 Å². The lowest BCUT2D eigenvalue weighted by Crippen LogP contribution is -2.32. The van der Waals surface area contributed by atoms with Crippen LogP contribution in [-0.2, 0) is 14.8 Å². The molecule has 1 aromatic rings. The zero-order valence-corrected chi connectivity index (χ0v) is 9.49. The summed E-state index contributed by atoms with van der Waals surface area (Å²) in [5, 5.41) is 7.42.